The first-order valence-corrected chi connectivity index (χ1v) is 22.5. The maximum Gasteiger partial charge on any atom is 0.0725 e. The van der Waals surface area contributed by atoms with Gasteiger partial charge in [0.25, 0.3) is 0 Å². The van der Waals surface area contributed by atoms with Crippen LogP contribution in [-0.2, 0) is 10.8 Å². The minimum absolute atomic E-state index is 0.282. The van der Waals surface area contributed by atoms with E-state index in [1.54, 1.807) is 0 Å². The van der Waals surface area contributed by atoms with Crippen molar-refractivity contribution >= 4 is 27.8 Å². The molecular formula is C72H47N. The van der Waals surface area contributed by atoms with E-state index in [9.17, 15) is 28.8 Å². The molecule has 3 aliphatic carbocycles. The van der Waals surface area contributed by atoms with Crippen LogP contribution in [0.2, 0.25) is 0 Å². The van der Waals surface area contributed by atoms with Gasteiger partial charge in [0.15, 0.2) is 0 Å². The van der Waals surface area contributed by atoms with Crippen molar-refractivity contribution in [3.63, 3.8) is 0 Å². The number of fused-ring (bicyclic) bond motifs is 14. The average molecular weight is 962 g/mol. The smallest absolute Gasteiger partial charge is 0.0725 e. The first-order valence-electron chi connectivity index (χ1n) is 40.5. The molecule has 15 rings (SSSR count). The lowest BCUT2D eigenvalue weighted by molar-refractivity contribution is 0.768. The normalized spacial score (nSPS) is 23.2. The van der Waals surface area contributed by atoms with Crippen LogP contribution in [0.25, 0.3) is 66.4 Å². The van der Waals surface area contributed by atoms with Crippen LogP contribution >= 0.6 is 0 Å². The highest BCUT2D eigenvalue weighted by molar-refractivity contribution is 6.06. The van der Waals surface area contributed by atoms with Gasteiger partial charge in [-0.2, -0.15) is 0 Å². The van der Waals surface area contributed by atoms with E-state index in [2.05, 4.69) is 0 Å². The molecule has 1 heteroatoms. The van der Waals surface area contributed by atoms with Crippen molar-refractivity contribution in [1.29, 1.82) is 0 Å². The summed E-state index contributed by atoms with van der Waals surface area (Å²) in [5.41, 5.74) is -15.9. The van der Waals surface area contributed by atoms with Gasteiger partial charge >= 0.3 is 0 Å². The van der Waals surface area contributed by atoms with Crippen LogP contribution in [-0.4, -0.2) is 0 Å². The molecule has 0 amide bonds. The van der Waals surface area contributed by atoms with Crippen molar-refractivity contribution in [2.75, 3.05) is 4.90 Å². The maximum absolute atomic E-state index is 10.4. The highest BCUT2D eigenvalue weighted by atomic mass is 15.1. The van der Waals surface area contributed by atoms with Crippen molar-refractivity contribution in [2.45, 2.75) is 10.8 Å². The Morgan fingerprint density at radius 2 is 0.945 bits per heavy atom. The molecule has 0 fully saturated rings. The van der Waals surface area contributed by atoms with Crippen molar-refractivity contribution in [3.05, 3.63) is 329 Å². The Morgan fingerprint density at radius 1 is 0.301 bits per heavy atom. The van der Waals surface area contributed by atoms with Crippen LogP contribution in [0.3, 0.4) is 0 Å². The molecule has 0 saturated carbocycles. The molecule has 0 N–H and O–H groups in total. The van der Waals surface area contributed by atoms with E-state index in [1.807, 2.05) is 0 Å². The molecule has 2 unspecified atom stereocenters. The Labute approximate surface area is 477 Å². The quantitative estimate of drug-likeness (QED) is 0.154. The van der Waals surface area contributed by atoms with Gasteiger partial charge in [0.05, 0.1) is 65.9 Å². The summed E-state index contributed by atoms with van der Waals surface area (Å²) in [6.07, 6.45) is 0. The van der Waals surface area contributed by atoms with E-state index in [0.717, 1.165) is 65.6 Å². The molecule has 340 valence electrons. The van der Waals surface area contributed by atoms with Crippen LogP contribution in [0.15, 0.2) is 284 Å². The summed E-state index contributed by atoms with van der Waals surface area (Å²) in [5.74, 6) is 0. The second kappa shape index (κ2) is 16.1. The monoisotopic (exact) mass is 962 g/mol. The van der Waals surface area contributed by atoms with Gasteiger partial charge in [-0.05, 0) is 142 Å². The fourth-order valence-electron chi connectivity index (χ4n) is 11.0. The molecule has 0 saturated heterocycles. The molecule has 0 bridgehead atoms. The second-order valence-corrected chi connectivity index (χ2v) is 17.1. The molecule has 1 nitrogen and oxygen atoms in total. The first kappa shape index (κ1) is 19.4. The van der Waals surface area contributed by atoms with Gasteiger partial charge in [0, 0.05) is 16.9 Å². The highest BCUT2D eigenvalue weighted by Crippen LogP contribution is 2.64. The SMILES string of the molecule is [2H]c1cc(N(c2cc([2H])c(-c3c([2H])c([2H])c4c([2H])cc([2H])c([2H])c4c3-c3cc([2H])c4c(c3)C3(c5cc([2H])c([2H])c([2H])c5-c5c([2H])c([2H])c([2H])c([2H])c53)c3c([2H])c([2H])c([2H])c([2H])c3-4)c([2H])c2[2H])c2c([2H])c([2H])c([2H])c3c2-c2c(cc([2H])c([2H])c2[2H])C3(c2ccc([2H])c([2H])c2[2H])c2cc([2H])c([2H])c([2H])c2[2H])cc([2H])c1[2H]. The first-order chi connectivity index (χ1) is 51.1. The van der Waals surface area contributed by atoms with Crippen molar-refractivity contribution in [2.24, 2.45) is 0 Å². The van der Waals surface area contributed by atoms with Crippen LogP contribution in [0, 0.1) is 0 Å². The van der Waals surface area contributed by atoms with Crippen LogP contribution in [0.1, 0.15) is 93.9 Å². The molecule has 0 radical (unpaired) electrons. The van der Waals surface area contributed by atoms with Gasteiger partial charge in [-0.1, -0.05) is 248 Å². The summed E-state index contributed by atoms with van der Waals surface area (Å²) in [7, 11) is 0. The standard InChI is InChI=1S/C72H47N/c1-4-22-51(23-5-1)71(52-24-6-2-7-25-52)65-36-19-15-32-61(65)70-66(71)37-20-38-68(70)73(53-26-8-3-9-27-53)54-43-39-49(40-44-54)56-45-41-48-21-10-11-28-55(48)69(56)50-42-46-60-59-31-14-18-35-64(59)72(67(60)47-50)62-33-16-12-29-57(62)58-30-13-17-34-63(58)72/h1-47H/i1D,2D,3D,4D,5D,6D,8D,9D,11D,12D,13D,14D,15D,16D,17D,18D,19D,20D,21D,22D,24D,28D,29D,30D,31D,32D,33D,35D,37D,38D,39D,40D,41D,43D,45D,46D. The number of para-hydroxylation sites is 1. The van der Waals surface area contributed by atoms with Gasteiger partial charge in [-0.15, -0.1) is 0 Å². The summed E-state index contributed by atoms with van der Waals surface area (Å²) >= 11 is 0. The number of hydrogen-bond acceptors (Lipinski definition) is 1. The van der Waals surface area contributed by atoms with E-state index < -0.39 is 334 Å². The van der Waals surface area contributed by atoms with Gasteiger partial charge in [-0.25, -0.2) is 0 Å². The fourth-order valence-corrected chi connectivity index (χ4v) is 11.0. The van der Waals surface area contributed by atoms with E-state index in [1.165, 1.54) is 6.07 Å². The fraction of sp³-hybridized carbons (Fsp3) is 0.0278. The Morgan fingerprint density at radius 3 is 1.77 bits per heavy atom. The zero-order valence-corrected chi connectivity index (χ0v) is 37.3. The third-order valence-electron chi connectivity index (χ3n) is 13.8. The Kier molecular flexibility index (Phi) is 4.28. The summed E-state index contributed by atoms with van der Waals surface area (Å²) in [6.45, 7) is 0. The van der Waals surface area contributed by atoms with Crippen LogP contribution < -0.4 is 4.90 Å². The van der Waals surface area contributed by atoms with Crippen LogP contribution in [0.4, 0.5) is 17.1 Å². The van der Waals surface area contributed by atoms with E-state index in [4.69, 9.17) is 20.6 Å². The molecule has 0 aliphatic heterocycles. The summed E-state index contributed by atoms with van der Waals surface area (Å²) in [6, 6.07) is -18.7. The largest absolute Gasteiger partial charge is 0.310 e. The third-order valence-corrected chi connectivity index (χ3v) is 13.8. The summed E-state index contributed by atoms with van der Waals surface area (Å²) < 4.78 is 340. The predicted molar refractivity (Wildman–Crippen MR) is 303 cm³/mol. The molecular weight excluding hydrogens is 879 g/mol. The van der Waals surface area contributed by atoms with Gasteiger partial charge in [0.2, 0.25) is 0 Å². The Bertz CT molecular complexity index is 6320. The lowest BCUT2D eigenvalue weighted by atomic mass is 9.68. The zero-order valence-electron chi connectivity index (χ0n) is 73.3. The van der Waals surface area contributed by atoms with Crippen molar-refractivity contribution < 1.29 is 49.3 Å². The number of hydrogen-bond donors (Lipinski definition) is 0. The average Bonchev–Trinajstić information content (AvgIpc) is 1.49. The van der Waals surface area contributed by atoms with Gasteiger partial charge in [0.1, 0.15) is 0 Å². The number of nitrogens with zero attached hydrogens (tertiary/aromatic N) is 1. The van der Waals surface area contributed by atoms with E-state index in [-0.39, 0.29) is 22.3 Å². The molecule has 2 atom stereocenters. The minimum Gasteiger partial charge on any atom is -0.310 e. The number of benzene rings is 12. The van der Waals surface area contributed by atoms with Gasteiger partial charge < -0.3 is 4.90 Å². The summed E-state index contributed by atoms with van der Waals surface area (Å²) in [5, 5.41) is -1.06. The lowest BCUT2D eigenvalue weighted by Gasteiger charge is -2.34. The predicted octanol–water partition coefficient (Wildman–Crippen LogP) is 18.4. The van der Waals surface area contributed by atoms with Crippen LogP contribution in [0.5, 0.6) is 0 Å². The van der Waals surface area contributed by atoms with Crippen molar-refractivity contribution in [1.82, 2.24) is 0 Å². The van der Waals surface area contributed by atoms with Crippen molar-refractivity contribution in [3.8, 4) is 55.6 Å². The molecule has 1 spiro atoms. The van der Waals surface area contributed by atoms with Gasteiger partial charge in [-0.3, -0.25) is 0 Å². The number of rotatable bonds is 7. The second-order valence-electron chi connectivity index (χ2n) is 17.1. The molecule has 12 aromatic carbocycles. The Hall–Kier alpha value is -9.30. The zero-order chi connectivity index (χ0) is 79.4. The molecule has 0 heterocycles. The van der Waals surface area contributed by atoms with E-state index in [0.29, 0.717) is 0 Å². The minimum atomic E-state index is -2.70. The lowest BCUT2D eigenvalue weighted by Crippen LogP contribution is -2.28. The molecule has 73 heavy (non-hydrogen) atoms. The maximum atomic E-state index is 10.4. The molecule has 3 aliphatic rings. The molecule has 12 aromatic rings. The number of anilines is 3. The topological polar surface area (TPSA) is 3.24 Å². The summed E-state index contributed by atoms with van der Waals surface area (Å²) in [4.78, 5) is 0.841. The Balaban J connectivity index is 1.10. The highest BCUT2D eigenvalue weighted by Gasteiger charge is 2.52. The van der Waals surface area contributed by atoms with E-state index >= 15 is 0 Å². The third kappa shape index (κ3) is 5.79. The molecule has 0 aromatic heterocycles.